The summed E-state index contributed by atoms with van der Waals surface area (Å²) in [6.45, 7) is 2.70. The van der Waals surface area contributed by atoms with Crippen LogP contribution >= 0.6 is 0 Å². The molecule has 1 saturated heterocycles. The molecule has 0 aliphatic carbocycles. The normalized spacial score (nSPS) is 30.6. The van der Waals surface area contributed by atoms with Crippen molar-refractivity contribution in [3.63, 3.8) is 0 Å². The van der Waals surface area contributed by atoms with Crippen molar-refractivity contribution < 1.29 is 14.2 Å². The molecule has 1 rings (SSSR count). The number of methoxy groups -OCH3 is 1. The standard InChI is InChI=1S/C9H20N2O3/c1-7(10-11(2)3)9-13-6-5-8(12-4)14-9/h7-10H,5-6H2,1-4H3/t7-,8+,9+/m1/s1. The van der Waals surface area contributed by atoms with E-state index in [4.69, 9.17) is 14.2 Å². The molecule has 0 spiro atoms. The Bertz CT molecular complexity index is 166. The van der Waals surface area contributed by atoms with E-state index >= 15 is 0 Å². The molecule has 14 heavy (non-hydrogen) atoms. The molecular formula is C9H20N2O3. The molecule has 0 amide bonds. The van der Waals surface area contributed by atoms with Crippen molar-refractivity contribution in [3.8, 4) is 0 Å². The van der Waals surface area contributed by atoms with Gasteiger partial charge in [-0.3, -0.25) is 5.01 Å². The molecule has 1 fully saturated rings. The van der Waals surface area contributed by atoms with E-state index < -0.39 is 0 Å². The second kappa shape index (κ2) is 5.63. The maximum atomic E-state index is 5.56. The SMILES string of the molecule is CO[C@@H]1CCO[C@H]([C@@H](C)NN(C)C)O1. The number of hydrogen-bond donors (Lipinski definition) is 1. The summed E-state index contributed by atoms with van der Waals surface area (Å²) in [5.74, 6) is 0. The van der Waals surface area contributed by atoms with Gasteiger partial charge in [0, 0.05) is 27.6 Å². The van der Waals surface area contributed by atoms with E-state index in [0.717, 1.165) is 6.42 Å². The highest BCUT2D eigenvalue weighted by Gasteiger charge is 2.27. The lowest BCUT2D eigenvalue weighted by atomic mass is 10.3. The minimum Gasteiger partial charge on any atom is -0.356 e. The van der Waals surface area contributed by atoms with Crippen molar-refractivity contribution in [1.82, 2.24) is 10.4 Å². The first-order chi connectivity index (χ1) is 6.63. The Morgan fingerprint density at radius 2 is 2.21 bits per heavy atom. The van der Waals surface area contributed by atoms with Crippen LogP contribution in [0.15, 0.2) is 0 Å². The summed E-state index contributed by atoms with van der Waals surface area (Å²) in [6, 6.07) is 0.114. The van der Waals surface area contributed by atoms with E-state index in [1.165, 1.54) is 0 Å². The predicted octanol–water partition coefficient (Wildman–Crippen LogP) is 0.177. The summed E-state index contributed by atoms with van der Waals surface area (Å²) in [5.41, 5.74) is 3.18. The molecule has 0 aromatic rings. The van der Waals surface area contributed by atoms with Crippen LogP contribution in [0, 0.1) is 0 Å². The van der Waals surface area contributed by atoms with E-state index in [0.29, 0.717) is 6.61 Å². The highest BCUT2D eigenvalue weighted by Crippen LogP contribution is 2.15. The summed E-state index contributed by atoms with van der Waals surface area (Å²) >= 11 is 0. The fourth-order valence-corrected chi connectivity index (χ4v) is 1.44. The fourth-order valence-electron chi connectivity index (χ4n) is 1.44. The number of hydrogen-bond acceptors (Lipinski definition) is 5. The van der Waals surface area contributed by atoms with Crippen LogP contribution in [0.4, 0.5) is 0 Å². The van der Waals surface area contributed by atoms with E-state index in [1.54, 1.807) is 7.11 Å². The third kappa shape index (κ3) is 3.51. The minimum absolute atomic E-state index is 0.114. The van der Waals surface area contributed by atoms with Crippen LogP contribution in [0.2, 0.25) is 0 Å². The predicted molar refractivity (Wildman–Crippen MR) is 52.5 cm³/mol. The molecule has 0 saturated carbocycles. The second-order valence-electron chi connectivity index (χ2n) is 3.64. The van der Waals surface area contributed by atoms with Crippen molar-refractivity contribution in [2.24, 2.45) is 0 Å². The first-order valence-electron chi connectivity index (χ1n) is 4.87. The summed E-state index contributed by atoms with van der Waals surface area (Å²) in [6.07, 6.45) is 0.415. The Balaban J connectivity index is 2.35. The zero-order valence-corrected chi connectivity index (χ0v) is 9.32. The van der Waals surface area contributed by atoms with Gasteiger partial charge < -0.3 is 14.2 Å². The van der Waals surface area contributed by atoms with Gasteiger partial charge in [0.05, 0.1) is 12.6 Å². The van der Waals surface area contributed by atoms with Crippen LogP contribution < -0.4 is 5.43 Å². The molecule has 1 N–H and O–H groups in total. The number of hydrazine groups is 1. The molecule has 3 atom stereocenters. The molecule has 0 aromatic carbocycles. The Morgan fingerprint density at radius 3 is 2.79 bits per heavy atom. The van der Waals surface area contributed by atoms with Crippen molar-refractivity contribution in [2.75, 3.05) is 27.8 Å². The lowest BCUT2D eigenvalue weighted by molar-refractivity contribution is -0.287. The van der Waals surface area contributed by atoms with Crippen LogP contribution in [-0.2, 0) is 14.2 Å². The van der Waals surface area contributed by atoms with Crippen LogP contribution in [-0.4, -0.2) is 51.4 Å². The fraction of sp³-hybridized carbons (Fsp3) is 1.00. The highest BCUT2D eigenvalue weighted by molar-refractivity contribution is 4.66. The van der Waals surface area contributed by atoms with Crippen LogP contribution in [0.5, 0.6) is 0 Å². The monoisotopic (exact) mass is 204 g/mol. The molecule has 1 aliphatic heterocycles. The van der Waals surface area contributed by atoms with Crippen LogP contribution in [0.1, 0.15) is 13.3 Å². The molecular weight excluding hydrogens is 184 g/mol. The van der Waals surface area contributed by atoms with E-state index in [2.05, 4.69) is 5.43 Å². The van der Waals surface area contributed by atoms with Gasteiger partial charge in [-0.25, -0.2) is 5.43 Å². The zero-order valence-electron chi connectivity index (χ0n) is 9.32. The van der Waals surface area contributed by atoms with Crippen molar-refractivity contribution in [3.05, 3.63) is 0 Å². The zero-order chi connectivity index (χ0) is 10.6. The van der Waals surface area contributed by atoms with Gasteiger partial charge in [0.1, 0.15) is 0 Å². The molecule has 5 nitrogen and oxygen atoms in total. The van der Waals surface area contributed by atoms with Crippen molar-refractivity contribution in [1.29, 1.82) is 0 Å². The van der Waals surface area contributed by atoms with E-state index in [-0.39, 0.29) is 18.6 Å². The topological polar surface area (TPSA) is 43.0 Å². The maximum absolute atomic E-state index is 5.56. The van der Waals surface area contributed by atoms with Crippen molar-refractivity contribution in [2.45, 2.75) is 32.0 Å². The summed E-state index contributed by atoms with van der Waals surface area (Å²) in [7, 11) is 5.53. The number of rotatable bonds is 4. The third-order valence-corrected chi connectivity index (χ3v) is 2.05. The van der Waals surface area contributed by atoms with Gasteiger partial charge in [-0.05, 0) is 6.92 Å². The maximum Gasteiger partial charge on any atom is 0.176 e. The largest absolute Gasteiger partial charge is 0.356 e. The summed E-state index contributed by atoms with van der Waals surface area (Å²) in [5, 5.41) is 1.88. The molecule has 0 aromatic heterocycles. The van der Waals surface area contributed by atoms with Gasteiger partial charge in [-0.15, -0.1) is 0 Å². The lowest BCUT2D eigenvalue weighted by Crippen LogP contribution is -2.50. The van der Waals surface area contributed by atoms with Gasteiger partial charge in [0.2, 0.25) is 0 Å². The molecule has 0 bridgehead atoms. The van der Waals surface area contributed by atoms with Gasteiger partial charge in [-0.1, -0.05) is 0 Å². The summed E-state index contributed by atoms with van der Waals surface area (Å²) in [4.78, 5) is 0. The van der Waals surface area contributed by atoms with Crippen molar-refractivity contribution >= 4 is 0 Å². The van der Waals surface area contributed by atoms with Crippen LogP contribution in [0.25, 0.3) is 0 Å². The molecule has 5 heteroatoms. The number of ether oxygens (including phenoxy) is 3. The third-order valence-electron chi connectivity index (χ3n) is 2.05. The first-order valence-corrected chi connectivity index (χ1v) is 4.87. The Morgan fingerprint density at radius 1 is 1.50 bits per heavy atom. The number of nitrogens with one attached hydrogen (secondary N) is 1. The molecule has 1 aliphatic rings. The molecule has 1 heterocycles. The van der Waals surface area contributed by atoms with Gasteiger partial charge in [0.25, 0.3) is 0 Å². The average Bonchev–Trinajstić information content (AvgIpc) is 2.17. The lowest BCUT2D eigenvalue weighted by Gasteiger charge is -2.34. The summed E-state index contributed by atoms with van der Waals surface area (Å²) < 4.78 is 16.2. The molecule has 0 unspecified atom stereocenters. The van der Waals surface area contributed by atoms with Gasteiger partial charge in [0.15, 0.2) is 12.6 Å². The Labute approximate surface area is 85.3 Å². The second-order valence-corrected chi connectivity index (χ2v) is 3.64. The smallest absolute Gasteiger partial charge is 0.176 e. The quantitative estimate of drug-likeness (QED) is 0.662. The number of nitrogens with zero attached hydrogens (tertiary/aromatic N) is 1. The van der Waals surface area contributed by atoms with Gasteiger partial charge >= 0.3 is 0 Å². The van der Waals surface area contributed by atoms with E-state index in [1.807, 2.05) is 26.0 Å². The minimum atomic E-state index is -0.240. The first kappa shape index (κ1) is 11.9. The highest BCUT2D eigenvalue weighted by atomic mass is 16.8. The molecule has 0 radical (unpaired) electrons. The average molecular weight is 204 g/mol. The van der Waals surface area contributed by atoms with Crippen LogP contribution in [0.3, 0.4) is 0 Å². The molecule has 84 valence electrons. The Hall–Kier alpha value is -0.200. The Kier molecular flexibility index (Phi) is 4.77. The van der Waals surface area contributed by atoms with E-state index in [9.17, 15) is 0 Å². The van der Waals surface area contributed by atoms with Gasteiger partial charge in [-0.2, -0.15) is 0 Å².